The Bertz CT molecular complexity index is 1100. The first-order valence-corrected chi connectivity index (χ1v) is 9.84. The van der Waals surface area contributed by atoms with Crippen LogP contribution in [0.4, 0.5) is 23.0 Å². The maximum Gasteiger partial charge on any atom is 0.135 e. The molecule has 0 spiro atoms. The van der Waals surface area contributed by atoms with Crippen LogP contribution in [0.5, 0.6) is 0 Å². The first kappa shape index (κ1) is 17.4. The number of para-hydroxylation sites is 2. The number of anilines is 4. The van der Waals surface area contributed by atoms with Crippen LogP contribution < -0.4 is 15.1 Å². The molecule has 0 radical (unpaired) electrons. The van der Waals surface area contributed by atoms with Crippen molar-refractivity contribution in [3.8, 4) is 0 Å². The summed E-state index contributed by atoms with van der Waals surface area (Å²) in [6, 6.07) is 22.7. The van der Waals surface area contributed by atoms with Crippen LogP contribution in [0.3, 0.4) is 0 Å². The molecule has 29 heavy (non-hydrogen) atoms. The molecule has 2 aromatic heterocycles. The Kier molecular flexibility index (Phi) is 4.66. The third-order valence-electron chi connectivity index (χ3n) is 5.27. The van der Waals surface area contributed by atoms with Crippen molar-refractivity contribution in [3.63, 3.8) is 0 Å². The zero-order valence-electron chi connectivity index (χ0n) is 16.1. The van der Waals surface area contributed by atoms with Gasteiger partial charge in [-0.25, -0.2) is 9.97 Å². The van der Waals surface area contributed by atoms with Crippen LogP contribution in [0.15, 0.2) is 79.3 Å². The Balaban J connectivity index is 1.32. The highest BCUT2D eigenvalue weighted by Gasteiger charge is 2.18. The highest BCUT2D eigenvalue weighted by atomic mass is 15.3. The van der Waals surface area contributed by atoms with E-state index in [1.165, 1.54) is 5.69 Å². The van der Waals surface area contributed by atoms with E-state index in [9.17, 15) is 0 Å². The second-order valence-electron chi connectivity index (χ2n) is 7.08. The van der Waals surface area contributed by atoms with Gasteiger partial charge >= 0.3 is 0 Å². The summed E-state index contributed by atoms with van der Waals surface area (Å²) in [7, 11) is 0. The molecule has 1 aliphatic rings. The fraction of sp³-hybridized carbons (Fsp3) is 0.174. The molecule has 1 saturated heterocycles. The van der Waals surface area contributed by atoms with Crippen LogP contribution in [0, 0.1) is 0 Å². The largest absolute Gasteiger partial charge is 0.368 e. The number of nitrogens with one attached hydrogen (secondary N) is 1. The first-order chi connectivity index (χ1) is 14.4. The Morgan fingerprint density at radius 1 is 0.724 bits per heavy atom. The van der Waals surface area contributed by atoms with Crippen molar-refractivity contribution >= 4 is 33.9 Å². The number of piperazine rings is 1. The smallest absolute Gasteiger partial charge is 0.135 e. The minimum absolute atomic E-state index is 0.777. The molecule has 144 valence electrons. The van der Waals surface area contributed by atoms with Gasteiger partial charge in [0.15, 0.2) is 0 Å². The number of rotatable bonds is 4. The van der Waals surface area contributed by atoms with E-state index < -0.39 is 0 Å². The van der Waals surface area contributed by atoms with Gasteiger partial charge < -0.3 is 15.1 Å². The fourth-order valence-corrected chi connectivity index (χ4v) is 3.76. The Hall–Kier alpha value is -3.67. The predicted octanol–water partition coefficient (Wildman–Crippen LogP) is 4.10. The molecule has 5 rings (SSSR count). The van der Waals surface area contributed by atoms with E-state index in [0.717, 1.165) is 54.4 Å². The number of hydrogen-bond acceptors (Lipinski definition) is 6. The second kappa shape index (κ2) is 7.75. The molecule has 0 bridgehead atoms. The summed E-state index contributed by atoms with van der Waals surface area (Å²) < 4.78 is 0. The van der Waals surface area contributed by atoms with E-state index >= 15 is 0 Å². The van der Waals surface area contributed by atoms with Gasteiger partial charge in [0, 0.05) is 49.5 Å². The molecule has 0 saturated carbocycles. The third kappa shape index (κ3) is 3.69. The number of pyridine rings is 1. The van der Waals surface area contributed by atoms with Gasteiger partial charge in [0.05, 0.1) is 11.2 Å². The molecule has 6 heteroatoms. The minimum atomic E-state index is 0.777. The molecule has 2 aromatic carbocycles. The Labute approximate surface area is 169 Å². The topological polar surface area (TPSA) is 57.2 Å². The number of fused-ring (bicyclic) bond motifs is 1. The lowest BCUT2D eigenvalue weighted by atomic mass is 10.2. The summed E-state index contributed by atoms with van der Waals surface area (Å²) >= 11 is 0. The summed E-state index contributed by atoms with van der Waals surface area (Å²) in [5.74, 6) is 1.72. The molecule has 0 amide bonds. The van der Waals surface area contributed by atoms with E-state index in [4.69, 9.17) is 0 Å². The van der Waals surface area contributed by atoms with Crippen molar-refractivity contribution in [1.82, 2.24) is 15.0 Å². The van der Waals surface area contributed by atoms with Crippen LogP contribution in [-0.2, 0) is 0 Å². The highest BCUT2D eigenvalue weighted by Crippen LogP contribution is 2.25. The van der Waals surface area contributed by atoms with Crippen LogP contribution in [0.2, 0.25) is 0 Å². The Morgan fingerprint density at radius 2 is 1.52 bits per heavy atom. The second-order valence-corrected chi connectivity index (χ2v) is 7.08. The number of benzene rings is 2. The van der Waals surface area contributed by atoms with Crippen molar-refractivity contribution in [1.29, 1.82) is 0 Å². The Morgan fingerprint density at radius 3 is 2.38 bits per heavy atom. The minimum Gasteiger partial charge on any atom is -0.368 e. The molecule has 1 aliphatic heterocycles. The maximum absolute atomic E-state index is 4.51. The molecule has 3 heterocycles. The van der Waals surface area contributed by atoms with Gasteiger partial charge in [0.2, 0.25) is 0 Å². The molecular weight excluding hydrogens is 360 g/mol. The van der Waals surface area contributed by atoms with Crippen molar-refractivity contribution in [3.05, 3.63) is 79.3 Å². The monoisotopic (exact) mass is 382 g/mol. The lowest BCUT2D eigenvalue weighted by Gasteiger charge is -2.36. The predicted molar refractivity (Wildman–Crippen MR) is 118 cm³/mol. The van der Waals surface area contributed by atoms with Crippen molar-refractivity contribution in [2.45, 2.75) is 0 Å². The van der Waals surface area contributed by atoms with E-state index in [1.807, 2.05) is 30.5 Å². The average molecular weight is 382 g/mol. The van der Waals surface area contributed by atoms with Crippen LogP contribution >= 0.6 is 0 Å². The molecular formula is C23H22N6. The van der Waals surface area contributed by atoms with Gasteiger partial charge in [0.25, 0.3) is 0 Å². The van der Waals surface area contributed by atoms with Crippen molar-refractivity contribution < 1.29 is 0 Å². The van der Waals surface area contributed by atoms with Gasteiger partial charge in [-0.3, -0.25) is 4.98 Å². The highest BCUT2D eigenvalue weighted by molar-refractivity contribution is 5.91. The van der Waals surface area contributed by atoms with Gasteiger partial charge in [-0.05, 0) is 24.3 Å². The maximum atomic E-state index is 4.51. The van der Waals surface area contributed by atoms with Crippen molar-refractivity contribution in [2.75, 3.05) is 41.3 Å². The van der Waals surface area contributed by atoms with E-state index in [-0.39, 0.29) is 0 Å². The zero-order chi connectivity index (χ0) is 19.5. The number of nitrogens with zero attached hydrogens (tertiary/aromatic N) is 5. The van der Waals surface area contributed by atoms with Gasteiger partial charge in [0.1, 0.15) is 18.0 Å². The lowest BCUT2D eigenvalue weighted by Crippen LogP contribution is -2.46. The number of hydrogen-bond donors (Lipinski definition) is 1. The van der Waals surface area contributed by atoms with Crippen LogP contribution in [-0.4, -0.2) is 41.1 Å². The normalized spacial score (nSPS) is 14.2. The van der Waals surface area contributed by atoms with Gasteiger partial charge in [-0.2, -0.15) is 0 Å². The van der Waals surface area contributed by atoms with E-state index in [1.54, 1.807) is 6.33 Å². The molecule has 4 aromatic rings. The van der Waals surface area contributed by atoms with Crippen molar-refractivity contribution in [2.24, 2.45) is 0 Å². The molecule has 1 N–H and O–H groups in total. The summed E-state index contributed by atoms with van der Waals surface area (Å²) in [5, 5.41) is 4.51. The quantitative estimate of drug-likeness (QED) is 0.574. The summed E-state index contributed by atoms with van der Waals surface area (Å²) in [4.78, 5) is 18.2. The zero-order valence-corrected chi connectivity index (χ0v) is 16.1. The van der Waals surface area contributed by atoms with E-state index in [2.05, 4.69) is 72.5 Å². The molecule has 6 nitrogen and oxygen atoms in total. The van der Waals surface area contributed by atoms with Gasteiger partial charge in [-0.15, -0.1) is 0 Å². The fourth-order valence-electron chi connectivity index (χ4n) is 3.76. The summed E-state index contributed by atoms with van der Waals surface area (Å²) in [5.41, 5.74) is 3.16. The standard InChI is InChI=1S/C23H22N6/c1-2-8-19(9-3-1)28-12-14-29(15-13-28)22-16-21(25-17-26-22)27-20-10-4-6-18-7-5-11-24-23(18)20/h1-11,16-17H,12-15H2,(H,25,26,27). The third-order valence-corrected chi connectivity index (χ3v) is 5.27. The van der Waals surface area contributed by atoms with Crippen LogP contribution in [0.25, 0.3) is 10.9 Å². The van der Waals surface area contributed by atoms with E-state index in [0.29, 0.717) is 0 Å². The summed E-state index contributed by atoms with van der Waals surface area (Å²) in [6.45, 7) is 3.82. The number of aromatic nitrogens is 3. The molecule has 0 atom stereocenters. The van der Waals surface area contributed by atoms with Gasteiger partial charge in [-0.1, -0.05) is 36.4 Å². The summed E-state index contributed by atoms with van der Waals surface area (Å²) in [6.07, 6.45) is 3.44. The molecule has 1 fully saturated rings. The lowest BCUT2D eigenvalue weighted by molar-refractivity contribution is 0.647. The SMILES string of the molecule is c1ccc(N2CCN(c3cc(Nc4cccc5cccnc45)ncn3)CC2)cc1. The average Bonchev–Trinajstić information content (AvgIpc) is 2.80. The molecule has 0 unspecified atom stereocenters. The van der Waals surface area contributed by atoms with Crippen LogP contribution in [0.1, 0.15) is 0 Å². The first-order valence-electron chi connectivity index (χ1n) is 9.84. The molecule has 0 aliphatic carbocycles.